The smallest absolute Gasteiger partial charge is 0.145 e. The van der Waals surface area contributed by atoms with E-state index in [1.54, 1.807) is 18.2 Å². The van der Waals surface area contributed by atoms with Crippen molar-refractivity contribution in [3.8, 4) is 0 Å². The molecule has 0 aromatic heterocycles. The number of benzene rings is 2. The lowest BCUT2D eigenvalue weighted by molar-refractivity contribution is -0.00265. The standard InChI is InChI=1S/C24H29ClFN3O3/c25-19-5-3-4-18(12-19)14-29(16-20(30)15-28-8-10-31-11-9-28)17-21-13-24(27-32-21)22-6-1-2-7-23(22)26/h1-7,12,20-21,30H,8-11,13-17H2/t20-,21-/m0/s1. The lowest BCUT2D eigenvalue weighted by Crippen LogP contribution is -2.45. The molecule has 0 saturated carbocycles. The fourth-order valence-corrected chi connectivity index (χ4v) is 4.42. The molecule has 0 radical (unpaired) electrons. The van der Waals surface area contributed by atoms with Crippen LogP contribution in [0.3, 0.4) is 0 Å². The Morgan fingerprint density at radius 1 is 1.19 bits per heavy atom. The van der Waals surface area contributed by atoms with Crippen molar-refractivity contribution < 1.29 is 19.1 Å². The van der Waals surface area contributed by atoms with Gasteiger partial charge < -0.3 is 14.7 Å². The second-order valence-corrected chi connectivity index (χ2v) is 8.78. The van der Waals surface area contributed by atoms with Crippen LogP contribution < -0.4 is 0 Å². The van der Waals surface area contributed by atoms with Crippen LogP contribution in [-0.2, 0) is 16.1 Å². The van der Waals surface area contributed by atoms with Crippen LogP contribution in [0, 0.1) is 5.82 Å². The third-order valence-corrected chi connectivity index (χ3v) is 5.95. The van der Waals surface area contributed by atoms with Gasteiger partial charge in [-0.3, -0.25) is 9.80 Å². The molecule has 2 aliphatic heterocycles. The highest BCUT2D eigenvalue weighted by Crippen LogP contribution is 2.21. The quantitative estimate of drug-likeness (QED) is 0.621. The molecule has 2 aromatic carbocycles. The maximum absolute atomic E-state index is 14.1. The molecule has 0 unspecified atom stereocenters. The first-order valence-corrected chi connectivity index (χ1v) is 11.4. The summed E-state index contributed by atoms with van der Waals surface area (Å²) in [4.78, 5) is 10.0. The first kappa shape index (κ1) is 23.1. The molecule has 1 fully saturated rings. The summed E-state index contributed by atoms with van der Waals surface area (Å²) in [5.41, 5.74) is 2.15. The number of aliphatic hydroxyl groups is 1. The molecule has 4 rings (SSSR count). The van der Waals surface area contributed by atoms with E-state index in [2.05, 4.69) is 15.0 Å². The van der Waals surface area contributed by atoms with Crippen molar-refractivity contribution in [2.75, 3.05) is 45.9 Å². The number of rotatable bonds is 9. The van der Waals surface area contributed by atoms with Gasteiger partial charge in [0.1, 0.15) is 11.9 Å². The van der Waals surface area contributed by atoms with Gasteiger partial charge in [0, 0.05) is 56.3 Å². The van der Waals surface area contributed by atoms with Crippen molar-refractivity contribution in [2.45, 2.75) is 25.2 Å². The molecule has 32 heavy (non-hydrogen) atoms. The average Bonchev–Trinajstić information content (AvgIpc) is 3.23. The summed E-state index contributed by atoms with van der Waals surface area (Å²) in [5.74, 6) is -0.299. The van der Waals surface area contributed by atoms with E-state index in [1.165, 1.54) is 6.07 Å². The normalized spacial score (nSPS) is 20.2. The van der Waals surface area contributed by atoms with Gasteiger partial charge in [0.15, 0.2) is 0 Å². The zero-order valence-electron chi connectivity index (χ0n) is 18.0. The third kappa shape index (κ3) is 6.49. The third-order valence-electron chi connectivity index (χ3n) is 5.72. The highest BCUT2D eigenvalue weighted by molar-refractivity contribution is 6.30. The van der Waals surface area contributed by atoms with Crippen molar-refractivity contribution in [1.29, 1.82) is 0 Å². The molecule has 0 bridgehead atoms. The first-order chi connectivity index (χ1) is 15.6. The highest BCUT2D eigenvalue weighted by atomic mass is 35.5. The van der Waals surface area contributed by atoms with E-state index < -0.39 is 6.10 Å². The molecule has 1 N–H and O–H groups in total. The van der Waals surface area contributed by atoms with Crippen molar-refractivity contribution in [2.24, 2.45) is 5.16 Å². The predicted molar refractivity (Wildman–Crippen MR) is 122 cm³/mol. The average molecular weight is 462 g/mol. The van der Waals surface area contributed by atoms with Gasteiger partial charge in [0.05, 0.1) is 25.0 Å². The number of oxime groups is 1. The van der Waals surface area contributed by atoms with E-state index in [4.69, 9.17) is 21.2 Å². The van der Waals surface area contributed by atoms with Crippen LogP contribution in [0.15, 0.2) is 53.7 Å². The molecule has 0 spiro atoms. The Kier molecular flexibility index (Phi) is 8.10. The Labute approximate surface area is 193 Å². The van der Waals surface area contributed by atoms with Crippen LogP contribution in [0.5, 0.6) is 0 Å². The van der Waals surface area contributed by atoms with Crippen LogP contribution in [0.25, 0.3) is 0 Å². The fraction of sp³-hybridized carbons (Fsp3) is 0.458. The Morgan fingerprint density at radius 2 is 2.00 bits per heavy atom. The number of morpholine rings is 1. The minimum atomic E-state index is -0.513. The maximum atomic E-state index is 14.1. The molecule has 172 valence electrons. The number of hydrogen-bond donors (Lipinski definition) is 1. The van der Waals surface area contributed by atoms with Crippen molar-refractivity contribution in [3.05, 3.63) is 70.5 Å². The van der Waals surface area contributed by atoms with Gasteiger partial charge in [-0.1, -0.05) is 47.1 Å². The summed E-state index contributed by atoms with van der Waals surface area (Å²) in [5, 5.41) is 15.6. The summed E-state index contributed by atoms with van der Waals surface area (Å²) in [6, 6.07) is 14.3. The Bertz CT molecular complexity index is 923. The molecule has 2 atom stereocenters. The van der Waals surface area contributed by atoms with Gasteiger partial charge in [0.25, 0.3) is 0 Å². The highest BCUT2D eigenvalue weighted by Gasteiger charge is 2.27. The summed E-state index contributed by atoms with van der Waals surface area (Å²) in [7, 11) is 0. The van der Waals surface area contributed by atoms with Crippen LogP contribution >= 0.6 is 11.6 Å². The van der Waals surface area contributed by atoms with Gasteiger partial charge >= 0.3 is 0 Å². The molecule has 8 heteroatoms. The van der Waals surface area contributed by atoms with E-state index in [-0.39, 0.29) is 11.9 Å². The van der Waals surface area contributed by atoms with E-state index in [0.717, 1.165) is 18.7 Å². The Morgan fingerprint density at radius 3 is 2.78 bits per heavy atom. The van der Waals surface area contributed by atoms with E-state index in [0.29, 0.717) is 62.1 Å². The number of aliphatic hydroxyl groups excluding tert-OH is 1. The molecule has 1 saturated heterocycles. The van der Waals surface area contributed by atoms with Crippen molar-refractivity contribution in [1.82, 2.24) is 9.80 Å². The summed E-state index contributed by atoms with van der Waals surface area (Å²) < 4.78 is 19.5. The van der Waals surface area contributed by atoms with E-state index >= 15 is 0 Å². The molecule has 6 nitrogen and oxygen atoms in total. The summed E-state index contributed by atoms with van der Waals surface area (Å²) in [6.45, 7) is 5.32. The maximum Gasteiger partial charge on any atom is 0.145 e. The monoisotopic (exact) mass is 461 g/mol. The number of ether oxygens (including phenoxy) is 1. The Balaban J connectivity index is 1.39. The van der Waals surface area contributed by atoms with Crippen molar-refractivity contribution >= 4 is 17.3 Å². The van der Waals surface area contributed by atoms with Gasteiger partial charge in [0.2, 0.25) is 0 Å². The lowest BCUT2D eigenvalue weighted by atomic mass is 10.0. The fourth-order valence-electron chi connectivity index (χ4n) is 4.20. The van der Waals surface area contributed by atoms with Crippen LogP contribution in [0.2, 0.25) is 5.02 Å². The summed E-state index contributed by atoms with van der Waals surface area (Å²) in [6.07, 6.45) is -0.202. The number of nitrogens with zero attached hydrogens (tertiary/aromatic N) is 3. The van der Waals surface area contributed by atoms with E-state index in [9.17, 15) is 9.50 Å². The SMILES string of the molecule is O[C@@H](CN1CCOCC1)CN(Cc1cccc(Cl)c1)C[C@@H]1CC(c2ccccc2F)=NO1. The largest absolute Gasteiger partial charge is 0.390 e. The zero-order valence-corrected chi connectivity index (χ0v) is 18.8. The van der Waals surface area contributed by atoms with Crippen LogP contribution in [0.1, 0.15) is 17.5 Å². The molecular formula is C24H29ClFN3O3. The molecule has 0 aliphatic carbocycles. The second-order valence-electron chi connectivity index (χ2n) is 8.34. The molecule has 2 aromatic rings. The van der Waals surface area contributed by atoms with Gasteiger partial charge in [-0.25, -0.2) is 4.39 Å². The van der Waals surface area contributed by atoms with Crippen molar-refractivity contribution in [3.63, 3.8) is 0 Å². The number of halogens is 2. The Hall–Kier alpha value is -2.03. The van der Waals surface area contributed by atoms with Gasteiger partial charge in [-0.05, 0) is 23.8 Å². The number of hydrogen-bond acceptors (Lipinski definition) is 6. The molecule has 2 aliphatic rings. The van der Waals surface area contributed by atoms with Gasteiger partial charge in [-0.2, -0.15) is 0 Å². The molecule has 2 heterocycles. The zero-order chi connectivity index (χ0) is 22.3. The van der Waals surface area contributed by atoms with Crippen LogP contribution in [-0.4, -0.2) is 78.8 Å². The first-order valence-electron chi connectivity index (χ1n) is 11.0. The number of β-amino-alcohol motifs (C(OH)–C–C–N with tert-alkyl or cyclic N) is 1. The molecular weight excluding hydrogens is 433 g/mol. The summed E-state index contributed by atoms with van der Waals surface area (Å²) >= 11 is 6.17. The predicted octanol–water partition coefficient (Wildman–Crippen LogP) is 3.17. The van der Waals surface area contributed by atoms with E-state index in [1.807, 2.05) is 24.3 Å². The minimum Gasteiger partial charge on any atom is -0.390 e. The second kappa shape index (κ2) is 11.2. The van der Waals surface area contributed by atoms with Crippen LogP contribution in [0.4, 0.5) is 4.39 Å². The van der Waals surface area contributed by atoms with Gasteiger partial charge in [-0.15, -0.1) is 0 Å². The molecule has 0 amide bonds. The lowest BCUT2D eigenvalue weighted by Gasteiger charge is -2.31. The minimum absolute atomic E-state index is 0.209. The topological polar surface area (TPSA) is 57.5 Å².